The van der Waals surface area contributed by atoms with E-state index in [0.29, 0.717) is 19.6 Å². The molecular weight excluding hydrogens is 270 g/mol. The van der Waals surface area contributed by atoms with Gasteiger partial charge in [-0.15, -0.1) is 11.8 Å². The van der Waals surface area contributed by atoms with Crippen LogP contribution in [-0.4, -0.2) is 77.5 Å². The largest absolute Gasteiger partial charge is 0.481 e. The molecule has 0 spiro atoms. The molecule has 0 radical (unpaired) electrons. The molecule has 0 bridgehead atoms. The number of carboxylic acid groups (broad SMARTS) is 1. The zero-order valence-corrected chi connectivity index (χ0v) is 11.7. The maximum Gasteiger partial charge on any atom is 0.319 e. The average Bonchev–Trinajstić information content (AvgIpc) is 2.34. The van der Waals surface area contributed by atoms with Crippen molar-refractivity contribution in [2.75, 3.05) is 44.7 Å². The smallest absolute Gasteiger partial charge is 0.319 e. The molecule has 1 fully saturated rings. The Hall–Kier alpha value is -1.44. The Bertz CT molecular complexity index is 351. The summed E-state index contributed by atoms with van der Waals surface area (Å²) in [6.45, 7) is 2.37. The molecule has 1 saturated heterocycles. The van der Waals surface area contributed by atoms with Gasteiger partial charge in [0.1, 0.15) is 0 Å². The van der Waals surface area contributed by atoms with E-state index in [0.717, 1.165) is 24.7 Å². The number of hydrogen-bond donors (Lipinski definition) is 2. The van der Waals surface area contributed by atoms with Crippen LogP contribution in [0.4, 0.5) is 4.79 Å². The van der Waals surface area contributed by atoms with E-state index in [4.69, 9.17) is 5.11 Å². The Morgan fingerprint density at radius 3 is 2.79 bits per heavy atom. The molecule has 0 unspecified atom stereocenters. The molecule has 8 heteroatoms. The number of thioether (sulfide) groups is 1. The summed E-state index contributed by atoms with van der Waals surface area (Å²) in [5.41, 5.74) is 0. The highest BCUT2D eigenvalue weighted by Crippen LogP contribution is 2.05. The number of urea groups is 1. The van der Waals surface area contributed by atoms with E-state index in [-0.39, 0.29) is 23.4 Å². The lowest BCUT2D eigenvalue weighted by Gasteiger charge is -2.33. The molecule has 108 valence electrons. The fourth-order valence-electron chi connectivity index (χ4n) is 1.75. The summed E-state index contributed by atoms with van der Waals surface area (Å²) in [7, 11) is 1.76. The minimum Gasteiger partial charge on any atom is -0.481 e. The molecule has 0 atom stereocenters. The number of aliphatic carboxylic acids is 1. The Balaban J connectivity index is 2.14. The van der Waals surface area contributed by atoms with Gasteiger partial charge in [0.15, 0.2) is 0 Å². The van der Waals surface area contributed by atoms with Crippen molar-refractivity contribution in [1.29, 1.82) is 0 Å². The van der Waals surface area contributed by atoms with Crippen LogP contribution in [0.5, 0.6) is 0 Å². The molecule has 19 heavy (non-hydrogen) atoms. The van der Waals surface area contributed by atoms with Crippen molar-refractivity contribution in [2.45, 2.75) is 6.42 Å². The number of carboxylic acids is 1. The molecule has 1 rings (SSSR count). The number of carbonyl (C=O) groups is 3. The third kappa shape index (κ3) is 5.82. The molecule has 0 saturated carbocycles. The average molecular weight is 289 g/mol. The lowest BCUT2D eigenvalue weighted by atomic mass is 10.3. The fourth-order valence-corrected chi connectivity index (χ4v) is 2.32. The van der Waals surface area contributed by atoms with Crippen LogP contribution >= 0.6 is 11.8 Å². The van der Waals surface area contributed by atoms with Gasteiger partial charge < -0.3 is 20.2 Å². The summed E-state index contributed by atoms with van der Waals surface area (Å²) in [4.78, 5) is 36.7. The fraction of sp³-hybridized carbons (Fsp3) is 0.727. The van der Waals surface area contributed by atoms with Gasteiger partial charge in [-0.2, -0.15) is 0 Å². The predicted molar refractivity (Wildman–Crippen MR) is 72.2 cm³/mol. The second-order valence-electron chi connectivity index (χ2n) is 4.28. The summed E-state index contributed by atoms with van der Waals surface area (Å²) in [6, 6.07) is -0.0132. The highest BCUT2D eigenvalue weighted by Gasteiger charge is 2.21. The summed E-state index contributed by atoms with van der Waals surface area (Å²) in [5, 5.41) is 11.1. The highest BCUT2D eigenvalue weighted by atomic mass is 32.2. The first kappa shape index (κ1) is 15.6. The zero-order valence-electron chi connectivity index (χ0n) is 10.9. The topological polar surface area (TPSA) is 89.9 Å². The molecule has 0 aromatic rings. The third-order valence-corrected chi connectivity index (χ3v) is 3.60. The minimum absolute atomic E-state index is 0.0132. The maximum atomic E-state index is 11.7. The van der Waals surface area contributed by atoms with Crippen LogP contribution in [0.15, 0.2) is 0 Å². The number of nitrogens with one attached hydrogen (secondary N) is 1. The van der Waals surface area contributed by atoms with Crippen molar-refractivity contribution in [1.82, 2.24) is 15.1 Å². The van der Waals surface area contributed by atoms with E-state index in [9.17, 15) is 14.4 Å². The van der Waals surface area contributed by atoms with Gasteiger partial charge in [-0.25, -0.2) is 4.79 Å². The van der Waals surface area contributed by atoms with Crippen molar-refractivity contribution < 1.29 is 19.5 Å². The number of nitrogens with zero attached hydrogens (tertiary/aromatic N) is 2. The first-order valence-corrected chi connectivity index (χ1v) is 7.22. The lowest BCUT2D eigenvalue weighted by molar-refractivity contribution is -0.133. The van der Waals surface area contributed by atoms with Gasteiger partial charge in [-0.1, -0.05) is 0 Å². The van der Waals surface area contributed by atoms with Gasteiger partial charge in [-0.3, -0.25) is 9.59 Å². The molecule has 1 aliphatic heterocycles. The Morgan fingerprint density at radius 2 is 2.11 bits per heavy atom. The number of carbonyl (C=O) groups excluding carboxylic acids is 2. The van der Waals surface area contributed by atoms with Gasteiger partial charge >= 0.3 is 12.0 Å². The Labute approximate surface area is 116 Å². The van der Waals surface area contributed by atoms with Crippen LogP contribution in [0.3, 0.4) is 0 Å². The van der Waals surface area contributed by atoms with E-state index < -0.39 is 5.97 Å². The number of rotatable bonds is 7. The van der Waals surface area contributed by atoms with Gasteiger partial charge in [-0.05, 0) is 6.42 Å². The zero-order chi connectivity index (χ0) is 14.3. The predicted octanol–water partition coefficient (Wildman–Crippen LogP) is -0.322. The molecule has 1 heterocycles. The molecule has 2 N–H and O–H groups in total. The van der Waals surface area contributed by atoms with Gasteiger partial charge in [0.05, 0.1) is 11.5 Å². The second-order valence-corrected chi connectivity index (χ2v) is 5.27. The highest BCUT2D eigenvalue weighted by molar-refractivity contribution is 8.00. The lowest BCUT2D eigenvalue weighted by Crippen LogP contribution is -2.49. The Kier molecular flexibility index (Phi) is 6.48. The molecule has 0 aromatic heterocycles. The van der Waals surface area contributed by atoms with Crippen molar-refractivity contribution in [3.63, 3.8) is 0 Å². The normalized spacial score (nSPS) is 15.5. The first-order valence-electron chi connectivity index (χ1n) is 6.07. The minimum atomic E-state index is -0.931. The summed E-state index contributed by atoms with van der Waals surface area (Å²) in [6.07, 6.45) is 0.935. The summed E-state index contributed by atoms with van der Waals surface area (Å²) < 4.78 is 0. The van der Waals surface area contributed by atoms with E-state index in [2.05, 4.69) is 5.32 Å². The van der Waals surface area contributed by atoms with Crippen LogP contribution in [0, 0.1) is 0 Å². The first-order chi connectivity index (χ1) is 9.00. The standard InChI is InChI=1S/C11H19N3O4S/c1-13-4-2-5-14(11(13)18)6-3-12-9(15)7-19-8-10(16)17/h2-8H2,1H3,(H,12,15)(H,16,17). The molecular formula is C11H19N3O4S. The maximum absolute atomic E-state index is 11.7. The van der Waals surface area contributed by atoms with E-state index >= 15 is 0 Å². The third-order valence-electron chi connectivity index (χ3n) is 2.68. The summed E-state index contributed by atoms with van der Waals surface area (Å²) in [5.74, 6) is -1.09. The molecule has 0 aliphatic carbocycles. The SMILES string of the molecule is CN1CCCN(CCNC(=O)CSCC(=O)O)C1=O. The van der Waals surface area contributed by atoms with E-state index in [1.54, 1.807) is 16.8 Å². The summed E-state index contributed by atoms with van der Waals surface area (Å²) >= 11 is 1.06. The Morgan fingerprint density at radius 1 is 1.37 bits per heavy atom. The van der Waals surface area contributed by atoms with Crippen molar-refractivity contribution in [2.24, 2.45) is 0 Å². The monoisotopic (exact) mass is 289 g/mol. The molecule has 0 aromatic carbocycles. The molecule has 3 amide bonds. The van der Waals surface area contributed by atoms with Crippen LogP contribution in [-0.2, 0) is 9.59 Å². The van der Waals surface area contributed by atoms with Crippen molar-refractivity contribution in [3.05, 3.63) is 0 Å². The van der Waals surface area contributed by atoms with Crippen molar-refractivity contribution in [3.8, 4) is 0 Å². The quantitative estimate of drug-likeness (QED) is 0.670. The number of hydrogen-bond acceptors (Lipinski definition) is 4. The van der Waals surface area contributed by atoms with Crippen LogP contribution < -0.4 is 5.32 Å². The molecule has 7 nitrogen and oxygen atoms in total. The van der Waals surface area contributed by atoms with Crippen LogP contribution in [0.2, 0.25) is 0 Å². The van der Waals surface area contributed by atoms with Gasteiger partial charge in [0.2, 0.25) is 5.91 Å². The van der Waals surface area contributed by atoms with Crippen LogP contribution in [0.1, 0.15) is 6.42 Å². The second kappa shape index (κ2) is 7.88. The van der Waals surface area contributed by atoms with Crippen LogP contribution in [0.25, 0.3) is 0 Å². The van der Waals surface area contributed by atoms with E-state index in [1.165, 1.54) is 0 Å². The van der Waals surface area contributed by atoms with Gasteiger partial charge in [0.25, 0.3) is 0 Å². The van der Waals surface area contributed by atoms with Crippen molar-refractivity contribution >= 4 is 29.7 Å². The molecule has 1 aliphatic rings. The van der Waals surface area contributed by atoms with Gasteiger partial charge in [0, 0.05) is 33.2 Å². The number of amides is 3. The van der Waals surface area contributed by atoms with E-state index in [1.807, 2.05) is 0 Å².